The van der Waals surface area contributed by atoms with Gasteiger partial charge in [-0.3, -0.25) is 9.79 Å². The zero-order valence-corrected chi connectivity index (χ0v) is 9.49. The van der Waals surface area contributed by atoms with E-state index >= 15 is 0 Å². The maximum atomic E-state index is 11.4. The molecule has 0 saturated carbocycles. The predicted molar refractivity (Wildman–Crippen MR) is 62.5 cm³/mol. The van der Waals surface area contributed by atoms with Crippen LogP contribution in [-0.4, -0.2) is 11.6 Å². The Morgan fingerprint density at radius 2 is 2.13 bits per heavy atom. The van der Waals surface area contributed by atoms with Gasteiger partial charge in [-0.2, -0.15) is 0 Å². The molecule has 1 amide bonds. The molecule has 5 heteroatoms. The lowest BCUT2D eigenvalue weighted by Gasteiger charge is -2.06. The smallest absolute Gasteiger partial charge is 0.230 e. The highest BCUT2D eigenvalue weighted by Gasteiger charge is 2.16. The molecular weight excluding hydrogens is 235 g/mol. The van der Waals surface area contributed by atoms with Crippen LogP contribution in [0.4, 0.5) is 11.4 Å². The van der Waals surface area contributed by atoms with Gasteiger partial charge in [0.05, 0.1) is 17.1 Å². The summed E-state index contributed by atoms with van der Waals surface area (Å²) in [6, 6.07) is 3.25. The summed E-state index contributed by atoms with van der Waals surface area (Å²) in [5, 5.41) is 3.64. The standard InChI is InChI=1S/C10H8Cl2N2O/c1-5-2-9(15)14-8-4-6(11)3-7(12)10(8)13-5/h3-4H,2H2,1H3,(H,14,15). The topological polar surface area (TPSA) is 41.5 Å². The molecule has 0 bridgehead atoms. The zero-order chi connectivity index (χ0) is 11.0. The lowest BCUT2D eigenvalue weighted by Crippen LogP contribution is -2.12. The lowest BCUT2D eigenvalue weighted by molar-refractivity contribution is -0.115. The van der Waals surface area contributed by atoms with E-state index in [1.54, 1.807) is 19.1 Å². The molecule has 0 spiro atoms. The fraction of sp³-hybridized carbons (Fsp3) is 0.200. The van der Waals surface area contributed by atoms with E-state index in [9.17, 15) is 4.79 Å². The lowest BCUT2D eigenvalue weighted by atomic mass is 10.2. The van der Waals surface area contributed by atoms with E-state index < -0.39 is 0 Å². The van der Waals surface area contributed by atoms with Crippen molar-refractivity contribution in [2.24, 2.45) is 4.99 Å². The van der Waals surface area contributed by atoms with Crippen molar-refractivity contribution in [2.75, 3.05) is 5.32 Å². The first-order chi connectivity index (χ1) is 7.06. The van der Waals surface area contributed by atoms with Gasteiger partial charge < -0.3 is 5.32 Å². The molecule has 1 aromatic rings. The normalized spacial score (nSPS) is 15.1. The van der Waals surface area contributed by atoms with Gasteiger partial charge in [-0.15, -0.1) is 0 Å². The number of anilines is 1. The Kier molecular flexibility index (Phi) is 2.67. The molecular formula is C10H8Cl2N2O. The predicted octanol–water partition coefficient (Wildman–Crippen LogP) is 3.43. The Morgan fingerprint density at radius 1 is 1.40 bits per heavy atom. The molecule has 1 heterocycles. The monoisotopic (exact) mass is 242 g/mol. The van der Waals surface area contributed by atoms with E-state index in [-0.39, 0.29) is 12.3 Å². The van der Waals surface area contributed by atoms with Gasteiger partial charge in [0.1, 0.15) is 5.69 Å². The van der Waals surface area contributed by atoms with Crippen molar-refractivity contribution in [1.29, 1.82) is 0 Å². The summed E-state index contributed by atoms with van der Waals surface area (Å²) in [6.07, 6.45) is 0.280. The van der Waals surface area contributed by atoms with Gasteiger partial charge in [0.15, 0.2) is 0 Å². The minimum atomic E-state index is -0.103. The Hall–Kier alpha value is -1.06. The largest absolute Gasteiger partial charge is 0.324 e. The summed E-state index contributed by atoms with van der Waals surface area (Å²) in [4.78, 5) is 15.7. The number of halogens is 2. The van der Waals surface area contributed by atoms with E-state index in [0.29, 0.717) is 21.4 Å². The third-order valence-electron chi connectivity index (χ3n) is 2.02. The maximum Gasteiger partial charge on any atom is 0.230 e. The van der Waals surface area contributed by atoms with E-state index in [1.165, 1.54) is 0 Å². The van der Waals surface area contributed by atoms with Crippen molar-refractivity contribution >= 4 is 46.2 Å². The quantitative estimate of drug-likeness (QED) is 0.745. The van der Waals surface area contributed by atoms with Crippen LogP contribution < -0.4 is 5.32 Å². The number of amides is 1. The van der Waals surface area contributed by atoms with Crippen LogP contribution in [-0.2, 0) is 4.79 Å². The molecule has 78 valence electrons. The number of carbonyl (C=O) groups excluding carboxylic acids is 1. The van der Waals surface area contributed by atoms with Gasteiger partial charge in [0, 0.05) is 10.7 Å². The highest BCUT2D eigenvalue weighted by molar-refractivity contribution is 6.37. The summed E-state index contributed by atoms with van der Waals surface area (Å²) in [5.41, 5.74) is 1.87. The van der Waals surface area contributed by atoms with Crippen molar-refractivity contribution in [3.63, 3.8) is 0 Å². The molecule has 0 fully saturated rings. The molecule has 15 heavy (non-hydrogen) atoms. The van der Waals surface area contributed by atoms with Crippen molar-refractivity contribution < 1.29 is 4.79 Å². The average molecular weight is 243 g/mol. The summed E-state index contributed by atoms with van der Waals surface area (Å²) < 4.78 is 0. The first-order valence-corrected chi connectivity index (χ1v) is 5.15. The number of aliphatic imine (C=N–C) groups is 1. The summed E-state index contributed by atoms with van der Waals surface area (Å²) in [6.45, 7) is 1.79. The van der Waals surface area contributed by atoms with Gasteiger partial charge in [-0.05, 0) is 19.1 Å². The number of rotatable bonds is 0. The second-order valence-electron chi connectivity index (χ2n) is 3.36. The van der Waals surface area contributed by atoms with E-state index in [1.807, 2.05) is 0 Å². The van der Waals surface area contributed by atoms with Crippen LogP contribution in [0.25, 0.3) is 0 Å². The summed E-state index contributed by atoms with van der Waals surface area (Å²) in [5.74, 6) is -0.103. The molecule has 1 N–H and O–H groups in total. The fourth-order valence-electron chi connectivity index (χ4n) is 1.43. The van der Waals surface area contributed by atoms with Crippen LogP contribution >= 0.6 is 23.2 Å². The third kappa shape index (κ3) is 2.13. The SMILES string of the molecule is CC1=Nc2c(Cl)cc(Cl)cc2NC(=O)C1. The minimum absolute atomic E-state index is 0.103. The molecule has 0 aromatic heterocycles. The van der Waals surface area contributed by atoms with Gasteiger partial charge in [0.25, 0.3) is 0 Å². The van der Waals surface area contributed by atoms with Crippen molar-refractivity contribution in [3.8, 4) is 0 Å². The number of hydrogen-bond donors (Lipinski definition) is 1. The Labute approximate surface area is 97.1 Å². The molecule has 0 unspecified atom stereocenters. The Balaban J connectivity index is 2.63. The molecule has 0 atom stereocenters. The molecule has 2 rings (SSSR count). The molecule has 0 aliphatic carbocycles. The number of benzene rings is 1. The molecule has 0 saturated heterocycles. The Bertz CT molecular complexity index is 469. The molecule has 0 radical (unpaired) electrons. The second kappa shape index (κ2) is 3.83. The molecule has 1 aliphatic rings. The Morgan fingerprint density at radius 3 is 2.87 bits per heavy atom. The van der Waals surface area contributed by atoms with Crippen LogP contribution in [0.2, 0.25) is 10.0 Å². The van der Waals surface area contributed by atoms with Gasteiger partial charge in [-0.1, -0.05) is 23.2 Å². The molecule has 1 aromatic carbocycles. The first-order valence-electron chi connectivity index (χ1n) is 4.39. The van der Waals surface area contributed by atoms with Crippen LogP contribution in [0, 0.1) is 0 Å². The minimum Gasteiger partial charge on any atom is -0.324 e. The first kappa shape index (κ1) is 10.5. The van der Waals surface area contributed by atoms with Gasteiger partial charge in [-0.25, -0.2) is 0 Å². The van der Waals surface area contributed by atoms with Gasteiger partial charge >= 0.3 is 0 Å². The highest BCUT2D eigenvalue weighted by Crippen LogP contribution is 2.37. The van der Waals surface area contributed by atoms with Crippen molar-refractivity contribution in [1.82, 2.24) is 0 Å². The number of hydrogen-bond acceptors (Lipinski definition) is 2. The van der Waals surface area contributed by atoms with Gasteiger partial charge in [0.2, 0.25) is 5.91 Å². The number of fused-ring (bicyclic) bond motifs is 1. The van der Waals surface area contributed by atoms with Crippen LogP contribution in [0.5, 0.6) is 0 Å². The second-order valence-corrected chi connectivity index (χ2v) is 4.20. The molecule has 1 aliphatic heterocycles. The third-order valence-corrected chi connectivity index (χ3v) is 2.53. The van der Waals surface area contributed by atoms with Crippen LogP contribution in [0.15, 0.2) is 17.1 Å². The van der Waals surface area contributed by atoms with E-state index in [4.69, 9.17) is 23.2 Å². The summed E-state index contributed by atoms with van der Waals surface area (Å²) >= 11 is 11.8. The number of nitrogens with zero attached hydrogens (tertiary/aromatic N) is 1. The number of carbonyl (C=O) groups is 1. The van der Waals surface area contributed by atoms with E-state index in [0.717, 1.165) is 5.71 Å². The maximum absolute atomic E-state index is 11.4. The van der Waals surface area contributed by atoms with Crippen LogP contribution in [0.1, 0.15) is 13.3 Å². The molecule has 3 nitrogen and oxygen atoms in total. The number of nitrogens with one attached hydrogen (secondary N) is 1. The highest BCUT2D eigenvalue weighted by atomic mass is 35.5. The summed E-state index contributed by atoms with van der Waals surface area (Å²) in [7, 11) is 0. The average Bonchev–Trinajstić information content (AvgIpc) is 2.22. The van der Waals surface area contributed by atoms with Crippen LogP contribution in [0.3, 0.4) is 0 Å². The van der Waals surface area contributed by atoms with Crippen molar-refractivity contribution in [3.05, 3.63) is 22.2 Å². The fourth-order valence-corrected chi connectivity index (χ4v) is 1.97. The zero-order valence-electron chi connectivity index (χ0n) is 7.97. The van der Waals surface area contributed by atoms with Crippen molar-refractivity contribution in [2.45, 2.75) is 13.3 Å². The van der Waals surface area contributed by atoms with E-state index in [2.05, 4.69) is 10.3 Å².